The van der Waals surface area contributed by atoms with Crippen molar-refractivity contribution in [3.63, 3.8) is 0 Å². The van der Waals surface area contributed by atoms with Crippen LogP contribution in [-0.4, -0.2) is 30.2 Å². The number of methoxy groups -OCH3 is 1. The van der Waals surface area contributed by atoms with Gasteiger partial charge in [-0.15, -0.1) is 11.3 Å². The van der Waals surface area contributed by atoms with Gasteiger partial charge < -0.3 is 15.4 Å². The molecule has 2 N–H and O–H groups in total. The molecule has 0 aliphatic carbocycles. The number of hydrogen-bond donors (Lipinski definition) is 1. The van der Waals surface area contributed by atoms with Crippen molar-refractivity contribution in [2.45, 2.75) is 19.5 Å². The molecule has 0 aliphatic heterocycles. The normalized spacial score (nSPS) is 11.5. The minimum atomic E-state index is -5.06. The Balaban J connectivity index is 2.19. The topological polar surface area (TPSA) is 112 Å². The summed E-state index contributed by atoms with van der Waals surface area (Å²) in [6, 6.07) is 6.02. The summed E-state index contributed by atoms with van der Waals surface area (Å²) in [6.45, 7) is 2.07. The largest absolute Gasteiger partial charge is 0.467 e. The molecule has 0 saturated carbocycles. The molecule has 0 unspecified atom stereocenters. The Hall–Kier alpha value is -4.23. The zero-order valence-corrected chi connectivity index (χ0v) is 20.2. The van der Waals surface area contributed by atoms with Crippen molar-refractivity contribution in [1.29, 1.82) is 10.5 Å². The van der Waals surface area contributed by atoms with E-state index in [4.69, 9.17) is 15.7 Å². The van der Waals surface area contributed by atoms with Gasteiger partial charge in [0, 0.05) is 29.4 Å². The van der Waals surface area contributed by atoms with Gasteiger partial charge in [-0.2, -0.15) is 33.7 Å². The van der Waals surface area contributed by atoms with Crippen LogP contribution in [0.2, 0.25) is 0 Å². The highest BCUT2D eigenvalue weighted by molar-refractivity contribution is 7.23. The molecule has 2 aromatic carbocycles. The second-order valence-electron chi connectivity index (χ2n) is 7.78. The fraction of sp³-hybridized carbons (Fsp3) is 0.250. The van der Waals surface area contributed by atoms with Crippen LogP contribution in [0, 0.1) is 34.3 Å². The minimum absolute atomic E-state index is 0.0401. The predicted octanol–water partition coefficient (Wildman–Crippen LogP) is 6.01. The molecule has 0 spiro atoms. The summed E-state index contributed by atoms with van der Waals surface area (Å²) < 4.78 is 78.9. The van der Waals surface area contributed by atoms with E-state index in [1.165, 1.54) is 12.0 Å². The Morgan fingerprint density at radius 3 is 2.51 bits per heavy atom. The quantitative estimate of drug-likeness (QED) is 0.303. The average Bonchev–Trinajstić information content (AvgIpc) is 3.21. The van der Waals surface area contributed by atoms with E-state index in [0.29, 0.717) is 17.4 Å². The molecule has 0 amide bonds. The molecule has 37 heavy (non-hydrogen) atoms. The highest BCUT2D eigenvalue weighted by atomic mass is 32.1. The molecule has 4 aromatic rings. The Labute approximate surface area is 211 Å². The first-order valence-corrected chi connectivity index (χ1v) is 11.6. The van der Waals surface area contributed by atoms with Gasteiger partial charge in [0.2, 0.25) is 0 Å². The number of aromatic nitrogens is 2. The predicted molar refractivity (Wildman–Crippen MR) is 129 cm³/mol. The fourth-order valence-electron chi connectivity index (χ4n) is 4.12. The van der Waals surface area contributed by atoms with Gasteiger partial charge in [0.25, 0.3) is 0 Å². The molecule has 190 valence electrons. The van der Waals surface area contributed by atoms with Crippen molar-refractivity contribution in [3.05, 3.63) is 41.0 Å². The number of nitrogens with zero attached hydrogens (tertiary/aromatic N) is 5. The molecule has 2 heterocycles. The number of anilines is 2. The Bertz CT molecular complexity index is 1620. The summed E-state index contributed by atoms with van der Waals surface area (Å²) in [5.74, 6) is -2.21. The van der Waals surface area contributed by atoms with E-state index in [9.17, 15) is 22.8 Å². The number of benzene rings is 2. The number of fused-ring (bicyclic) bond motifs is 2. The number of nitriles is 2. The van der Waals surface area contributed by atoms with Crippen LogP contribution in [0.5, 0.6) is 6.01 Å². The maximum Gasteiger partial charge on any atom is 0.417 e. The Kier molecular flexibility index (Phi) is 6.76. The van der Waals surface area contributed by atoms with Crippen LogP contribution in [0.25, 0.3) is 32.1 Å². The van der Waals surface area contributed by atoms with Gasteiger partial charge >= 0.3 is 12.2 Å². The number of alkyl halides is 3. The first kappa shape index (κ1) is 25.9. The number of ether oxygens (including phenoxy) is 1. The van der Waals surface area contributed by atoms with Crippen molar-refractivity contribution in [3.8, 4) is 29.3 Å². The van der Waals surface area contributed by atoms with Gasteiger partial charge in [-0.25, -0.2) is 8.78 Å². The maximum absolute atomic E-state index is 16.2. The van der Waals surface area contributed by atoms with Gasteiger partial charge in [0.1, 0.15) is 28.2 Å². The van der Waals surface area contributed by atoms with E-state index < -0.39 is 34.5 Å². The van der Waals surface area contributed by atoms with Gasteiger partial charge in [0.15, 0.2) is 5.82 Å². The van der Waals surface area contributed by atoms with Crippen LogP contribution in [0.4, 0.5) is 32.8 Å². The third-order valence-corrected chi connectivity index (χ3v) is 6.78. The lowest BCUT2D eigenvalue weighted by molar-refractivity contribution is -0.137. The summed E-state index contributed by atoms with van der Waals surface area (Å²) in [4.78, 5) is 9.63. The lowest BCUT2D eigenvalue weighted by Crippen LogP contribution is -2.25. The number of hydrogen-bond acceptors (Lipinski definition) is 8. The third-order valence-electron chi connectivity index (χ3n) is 5.75. The van der Waals surface area contributed by atoms with Crippen LogP contribution < -0.4 is 15.4 Å². The number of halogens is 5. The maximum atomic E-state index is 16.2. The van der Waals surface area contributed by atoms with Crippen molar-refractivity contribution in [2.75, 3.05) is 30.8 Å². The van der Waals surface area contributed by atoms with E-state index in [2.05, 4.69) is 9.97 Å². The second kappa shape index (κ2) is 9.67. The van der Waals surface area contributed by atoms with E-state index in [-0.39, 0.29) is 62.9 Å². The highest BCUT2D eigenvalue weighted by Gasteiger charge is 2.38. The molecular weight excluding hydrogens is 515 g/mol. The third kappa shape index (κ3) is 4.32. The molecule has 0 saturated heterocycles. The summed E-state index contributed by atoms with van der Waals surface area (Å²) >= 11 is 0.683. The Morgan fingerprint density at radius 1 is 1.19 bits per heavy atom. The molecule has 0 bridgehead atoms. The lowest BCUT2D eigenvalue weighted by atomic mass is 9.92. The van der Waals surface area contributed by atoms with Crippen molar-refractivity contribution < 1.29 is 26.7 Å². The monoisotopic (exact) mass is 532 g/mol. The SMILES string of the molecule is CCN(CCC#N)c1nc(OC)nc2c(F)c(-c3ccc(F)c4sc(N)c(C#N)c34)c(C(F)(F)F)cc12. The molecule has 13 heteroatoms. The van der Waals surface area contributed by atoms with Crippen LogP contribution in [0.3, 0.4) is 0 Å². The number of nitrogens with two attached hydrogens (primary N) is 1. The zero-order valence-electron chi connectivity index (χ0n) is 19.4. The first-order valence-electron chi connectivity index (χ1n) is 10.8. The van der Waals surface area contributed by atoms with Gasteiger partial charge in [-0.05, 0) is 24.6 Å². The van der Waals surface area contributed by atoms with E-state index in [1.54, 1.807) is 13.0 Å². The van der Waals surface area contributed by atoms with Crippen molar-refractivity contribution >= 4 is 43.1 Å². The second-order valence-corrected chi connectivity index (χ2v) is 8.83. The van der Waals surface area contributed by atoms with Crippen molar-refractivity contribution in [1.82, 2.24) is 9.97 Å². The zero-order chi connectivity index (χ0) is 27.1. The number of thiophene rings is 1. The Morgan fingerprint density at radius 2 is 1.92 bits per heavy atom. The molecule has 0 fully saturated rings. The van der Waals surface area contributed by atoms with E-state index in [0.717, 1.165) is 12.1 Å². The van der Waals surface area contributed by atoms with Crippen LogP contribution in [0.1, 0.15) is 24.5 Å². The summed E-state index contributed by atoms with van der Waals surface area (Å²) in [5, 5.41) is 18.0. The molecule has 0 radical (unpaired) electrons. The molecular formula is C24H17F5N6OS. The fourth-order valence-corrected chi connectivity index (χ4v) is 5.07. The van der Waals surface area contributed by atoms with Crippen LogP contribution >= 0.6 is 11.3 Å². The number of nitrogen functional groups attached to an aromatic ring is 1. The van der Waals surface area contributed by atoms with E-state index in [1.807, 2.05) is 6.07 Å². The van der Waals surface area contributed by atoms with Crippen LogP contribution in [-0.2, 0) is 6.18 Å². The molecule has 4 rings (SSSR count). The molecule has 0 aliphatic rings. The van der Waals surface area contributed by atoms with E-state index >= 15 is 4.39 Å². The van der Waals surface area contributed by atoms with Crippen molar-refractivity contribution in [2.24, 2.45) is 0 Å². The molecule has 0 atom stereocenters. The van der Waals surface area contributed by atoms with Crippen LogP contribution in [0.15, 0.2) is 18.2 Å². The smallest absolute Gasteiger partial charge is 0.417 e. The lowest BCUT2D eigenvalue weighted by Gasteiger charge is -2.24. The first-order chi connectivity index (χ1) is 17.6. The summed E-state index contributed by atoms with van der Waals surface area (Å²) in [7, 11) is 1.22. The minimum Gasteiger partial charge on any atom is -0.467 e. The van der Waals surface area contributed by atoms with Gasteiger partial charge in [0.05, 0.1) is 35.4 Å². The van der Waals surface area contributed by atoms with Gasteiger partial charge in [-0.3, -0.25) is 0 Å². The molecule has 7 nitrogen and oxygen atoms in total. The average molecular weight is 532 g/mol. The van der Waals surface area contributed by atoms with Gasteiger partial charge in [-0.1, -0.05) is 6.07 Å². The highest BCUT2D eigenvalue weighted by Crippen LogP contribution is 2.47. The number of rotatable bonds is 6. The summed E-state index contributed by atoms with van der Waals surface area (Å²) in [6.07, 6.45) is -5.02. The summed E-state index contributed by atoms with van der Waals surface area (Å²) in [5.41, 5.74) is 2.46. The standard InChI is InChI=1S/C24H17F5N6OS/c1-3-35(8-4-7-30)22-12-9-14(24(27,28)29)17(18(26)19(12)33-23(34-22)36-2)11-5-6-15(25)20-16(11)13(10-31)21(32)37-20/h5-6,9H,3-4,8,32H2,1-2H3. The molecule has 2 aromatic heterocycles.